The summed E-state index contributed by atoms with van der Waals surface area (Å²) in [6.07, 6.45) is 1.38. The molecule has 0 bridgehead atoms. The highest BCUT2D eigenvalue weighted by atomic mass is 79.9. The Morgan fingerprint density at radius 3 is 2.53 bits per heavy atom. The zero-order chi connectivity index (χ0) is 13.2. The number of benzene rings is 1. The van der Waals surface area contributed by atoms with E-state index >= 15 is 0 Å². The van der Waals surface area contributed by atoms with Crippen LogP contribution in [0.15, 0.2) is 20.6 Å². The summed E-state index contributed by atoms with van der Waals surface area (Å²) in [4.78, 5) is 10.7. The number of halogens is 2. The number of phenolic OH excluding ortho intramolecular Hbond substituents is 1. The van der Waals surface area contributed by atoms with Crippen molar-refractivity contribution >= 4 is 43.9 Å². The highest BCUT2D eigenvalue weighted by Gasteiger charge is 2.14. The van der Waals surface area contributed by atoms with Crippen LogP contribution in [0.2, 0.25) is 0 Å². The van der Waals surface area contributed by atoms with Crippen molar-refractivity contribution in [3.8, 4) is 11.5 Å². The van der Waals surface area contributed by atoms with Gasteiger partial charge in [-0.3, -0.25) is 0 Å². The molecule has 1 aromatic rings. The Balaban J connectivity index is 3.38. The second kappa shape index (κ2) is 5.55. The maximum absolute atomic E-state index is 10.7. The van der Waals surface area contributed by atoms with E-state index in [-0.39, 0.29) is 11.3 Å². The van der Waals surface area contributed by atoms with Gasteiger partial charge in [-0.1, -0.05) is 0 Å². The number of carboxylic acids is 1. The summed E-state index contributed by atoms with van der Waals surface area (Å²) in [7, 11) is 1.47. The summed E-state index contributed by atoms with van der Waals surface area (Å²) in [5.74, 6) is -0.647. The molecule has 0 amide bonds. The Kier molecular flexibility index (Phi) is 4.59. The fraction of sp³-hybridized carbons (Fsp3) is 0.182. The van der Waals surface area contributed by atoms with Gasteiger partial charge in [0.05, 0.1) is 11.6 Å². The minimum Gasteiger partial charge on any atom is -0.506 e. The number of carbonyl (C=O) groups is 1. The fourth-order valence-corrected chi connectivity index (χ4v) is 2.68. The maximum atomic E-state index is 10.7. The van der Waals surface area contributed by atoms with Gasteiger partial charge in [-0.25, -0.2) is 4.79 Å². The monoisotopic (exact) mass is 364 g/mol. The van der Waals surface area contributed by atoms with Crippen LogP contribution in [0, 0.1) is 0 Å². The molecule has 0 heterocycles. The lowest BCUT2D eigenvalue weighted by atomic mass is 10.1. The van der Waals surface area contributed by atoms with Crippen LogP contribution in [-0.2, 0) is 4.79 Å². The molecule has 0 saturated carbocycles. The van der Waals surface area contributed by atoms with Crippen molar-refractivity contribution < 1.29 is 19.7 Å². The topological polar surface area (TPSA) is 66.8 Å². The number of aliphatic carboxylic acids is 1. The molecule has 0 unspecified atom stereocenters. The summed E-state index contributed by atoms with van der Waals surface area (Å²) in [5, 5.41) is 18.7. The van der Waals surface area contributed by atoms with Crippen LogP contribution in [0.1, 0.15) is 12.5 Å². The first kappa shape index (κ1) is 14.1. The third-order valence-electron chi connectivity index (χ3n) is 2.09. The fourth-order valence-electron chi connectivity index (χ4n) is 1.20. The molecule has 1 aromatic carbocycles. The Labute approximate surface area is 115 Å². The quantitative estimate of drug-likeness (QED) is 0.805. The van der Waals surface area contributed by atoms with Crippen LogP contribution in [0.25, 0.3) is 6.08 Å². The van der Waals surface area contributed by atoms with Crippen molar-refractivity contribution in [3.05, 3.63) is 26.1 Å². The summed E-state index contributed by atoms with van der Waals surface area (Å²) in [6.45, 7) is 1.45. The van der Waals surface area contributed by atoms with Gasteiger partial charge in [0.25, 0.3) is 0 Å². The van der Waals surface area contributed by atoms with Crippen LogP contribution in [0.4, 0.5) is 0 Å². The molecular weight excluding hydrogens is 356 g/mol. The van der Waals surface area contributed by atoms with Gasteiger partial charge in [0, 0.05) is 11.1 Å². The van der Waals surface area contributed by atoms with Gasteiger partial charge in [-0.2, -0.15) is 0 Å². The molecule has 17 heavy (non-hydrogen) atoms. The van der Waals surface area contributed by atoms with Gasteiger partial charge in [-0.05, 0) is 50.9 Å². The SMILES string of the molecule is COc1c(Br)cc(/C=C(\C)C(=O)O)c(O)c1Br. The zero-order valence-electron chi connectivity index (χ0n) is 9.12. The van der Waals surface area contributed by atoms with E-state index < -0.39 is 5.97 Å². The zero-order valence-corrected chi connectivity index (χ0v) is 12.3. The summed E-state index contributed by atoms with van der Waals surface area (Å²) in [5.41, 5.74) is 0.522. The Morgan fingerprint density at radius 2 is 2.06 bits per heavy atom. The molecule has 0 aliphatic rings. The number of ether oxygens (including phenoxy) is 1. The molecule has 0 fully saturated rings. The number of aromatic hydroxyl groups is 1. The third-order valence-corrected chi connectivity index (χ3v) is 3.42. The highest BCUT2D eigenvalue weighted by molar-refractivity contribution is 9.11. The number of carboxylic acid groups (broad SMARTS) is 1. The average molecular weight is 366 g/mol. The first-order valence-corrected chi connectivity index (χ1v) is 6.13. The standard InChI is InChI=1S/C11H10Br2O4/c1-5(11(15)16)3-6-4-7(12)10(17-2)8(13)9(6)14/h3-4,14H,1-2H3,(H,15,16)/b5-3+. The number of hydrogen-bond donors (Lipinski definition) is 2. The molecule has 92 valence electrons. The van der Waals surface area contributed by atoms with E-state index in [0.29, 0.717) is 20.3 Å². The number of phenols is 1. The first-order valence-electron chi connectivity index (χ1n) is 4.55. The van der Waals surface area contributed by atoms with E-state index in [1.165, 1.54) is 20.1 Å². The van der Waals surface area contributed by atoms with Gasteiger partial charge in [0.2, 0.25) is 0 Å². The van der Waals surface area contributed by atoms with Crippen molar-refractivity contribution in [2.45, 2.75) is 6.92 Å². The van der Waals surface area contributed by atoms with Gasteiger partial charge in [-0.15, -0.1) is 0 Å². The molecule has 0 saturated heterocycles. The second-order valence-corrected chi connectivity index (χ2v) is 4.92. The highest BCUT2D eigenvalue weighted by Crippen LogP contribution is 2.42. The lowest BCUT2D eigenvalue weighted by Crippen LogP contribution is -1.96. The normalized spacial score (nSPS) is 11.4. The Hall–Kier alpha value is -1.01. The average Bonchev–Trinajstić information content (AvgIpc) is 2.26. The van der Waals surface area contributed by atoms with Gasteiger partial charge in [0.15, 0.2) is 5.75 Å². The van der Waals surface area contributed by atoms with Gasteiger partial charge < -0.3 is 14.9 Å². The first-order chi connectivity index (χ1) is 7.88. The number of rotatable bonds is 3. The molecule has 4 nitrogen and oxygen atoms in total. The van der Waals surface area contributed by atoms with E-state index in [9.17, 15) is 9.90 Å². The van der Waals surface area contributed by atoms with E-state index in [2.05, 4.69) is 31.9 Å². The minimum atomic E-state index is -1.03. The molecule has 0 aromatic heterocycles. The van der Waals surface area contributed by atoms with Gasteiger partial charge in [0.1, 0.15) is 10.2 Å². The molecule has 0 radical (unpaired) electrons. The van der Waals surface area contributed by atoms with Crippen molar-refractivity contribution in [1.29, 1.82) is 0 Å². The summed E-state index contributed by atoms with van der Waals surface area (Å²) < 4.78 is 6.07. The molecule has 0 aliphatic carbocycles. The van der Waals surface area contributed by atoms with Crippen molar-refractivity contribution in [2.24, 2.45) is 0 Å². The molecule has 6 heteroatoms. The minimum absolute atomic E-state index is 0.0642. The second-order valence-electron chi connectivity index (χ2n) is 3.28. The van der Waals surface area contributed by atoms with E-state index in [1.54, 1.807) is 6.07 Å². The molecule has 0 atom stereocenters. The van der Waals surface area contributed by atoms with Crippen LogP contribution in [0.5, 0.6) is 11.5 Å². The van der Waals surface area contributed by atoms with Crippen molar-refractivity contribution in [1.82, 2.24) is 0 Å². The van der Waals surface area contributed by atoms with Gasteiger partial charge >= 0.3 is 5.97 Å². The smallest absolute Gasteiger partial charge is 0.331 e. The predicted octanol–water partition coefficient (Wildman–Crippen LogP) is 3.41. The maximum Gasteiger partial charge on any atom is 0.331 e. The molecular formula is C11H10Br2O4. The molecule has 1 rings (SSSR count). The lowest BCUT2D eigenvalue weighted by molar-refractivity contribution is -0.132. The van der Waals surface area contributed by atoms with Crippen molar-refractivity contribution in [3.63, 3.8) is 0 Å². The van der Waals surface area contributed by atoms with E-state index in [1.807, 2.05) is 0 Å². The van der Waals surface area contributed by atoms with Crippen LogP contribution >= 0.6 is 31.9 Å². The lowest BCUT2D eigenvalue weighted by Gasteiger charge is -2.10. The third kappa shape index (κ3) is 3.01. The summed E-state index contributed by atoms with van der Waals surface area (Å²) >= 11 is 6.46. The van der Waals surface area contributed by atoms with E-state index in [0.717, 1.165) is 0 Å². The molecule has 2 N–H and O–H groups in total. The number of hydrogen-bond acceptors (Lipinski definition) is 3. The Bertz CT molecular complexity index is 495. The largest absolute Gasteiger partial charge is 0.506 e. The number of methoxy groups -OCH3 is 1. The van der Waals surface area contributed by atoms with Crippen LogP contribution in [0.3, 0.4) is 0 Å². The molecule has 0 spiro atoms. The molecule has 0 aliphatic heterocycles. The van der Waals surface area contributed by atoms with Crippen molar-refractivity contribution in [2.75, 3.05) is 7.11 Å². The predicted molar refractivity (Wildman–Crippen MR) is 71.3 cm³/mol. The van der Waals surface area contributed by atoms with E-state index in [4.69, 9.17) is 9.84 Å². The van der Waals surface area contributed by atoms with Crippen LogP contribution < -0.4 is 4.74 Å². The Morgan fingerprint density at radius 1 is 1.47 bits per heavy atom. The van der Waals surface area contributed by atoms with Crippen LogP contribution in [-0.4, -0.2) is 23.3 Å². The summed E-state index contributed by atoms with van der Waals surface area (Å²) in [6, 6.07) is 1.59.